The van der Waals surface area contributed by atoms with E-state index in [1.165, 1.54) is 88.3 Å². The Bertz CT molecular complexity index is 3070. The Hall–Kier alpha value is -6.70. The summed E-state index contributed by atoms with van der Waals surface area (Å²) in [6.45, 7) is 9.44. The Labute approximate surface area is 335 Å². The summed E-state index contributed by atoms with van der Waals surface area (Å²) in [6, 6.07) is 70.1. The quantitative estimate of drug-likeness (QED) is 0.159. The zero-order chi connectivity index (χ0) is 38.5. The van der Waals surface area contributed by atoms with E-state index in [0.717, 1.165) is 17.1 Å². The van der Waals surface area contributed by atoms with Gasteiger partial charge in [-0.25, -0.2) is 0 Å². The number of anilines is 3. The number of hydrogen-bond acceptors (Lipinski definition) is 1. The molecule has 272 valence electrons. The molecule has 0 aromatic heterocycles. The molecular weight excluding hydrogens is 687 g/mol. The molecule has 0 aliphatic heterocycles. The first-order valence-corrected chi connectivity index (χ1v) is 20.2. The Kier molecular flexibility index (Phi) is 7.32. The molecule has 9 aromatic rings. The SMILES string of the molecule is CC1(C)c2ccccc2-c2cc(N(c3ccc(-c4cc5ccccc5c5ccccc45)cc3)c3ccccc3-c3cccc4c3-c3ccccc3C4(C)C)ccc21. The van der Waals surface area contributed by atoms with Crippen molar-refractivity contribution in [1.29, 1.82) is 0 Å². The summed E-state index contributed by atoms with van der Waals surface area (Å²) in [5.74, 6) is 0. The maximum absolute atomic E-state index is 2.48. The molecule has 0 atom stereocenters. The number of rotatable bonds is 5. The highest BCUT2D eigenvalue weighted by atomic mass is 15.1. The number of nitrogens with zero attached hydrogens (tertiary/aromatic N) is 1. The van der Waals surface area contributed by atoms with Gasteiger partial charge in [0.05, 0.1) is 5.69 Å². The van der Waals surface area contributed by atoms with Crippen molar-refractivity contribution in [3.05, 3.63) is 210 Å². The second-order valence-corrected chi connectivity index (χ2v) is 16.9. The van der Waals surface area contributed by atoms with E-state index in [4.69, 9.17) is 0 Å². The number of para-hydroxylation sites is 1. The van der Waals surface area contributed by atoms with Gasteiger partial charge in [0.15, 0.2) is 0 Å². The van der Waals surface area contributed by atoms with Crippen LogP contribution in [-0.2, 0) is 10.8 Å². The lowest BCUT2D eigenvalue weighted by molar-refractivity contribution is 0.660. The molecule has 0 bridgehead atoms. The lowest BCUT2D eigenvalue weighted by Crippen LogP contribution is -2.15. The molecule has 0 unspecified atom stereocenters. The van der Waals surface area contributed by atoms with Crippen LogP contribution in [0, 0.1) is 0 Å². The third kappa shape index (κ3) is 4.95. The van der Waals surface area contributed by atoms with Gasteiger partial charge in [-0.05, 0) is 119 Å². The average Bonchev–Trinajstić information content (AvgIpc) is 3.63. The molecule has 0 saturated heterocycles. The largest absolute Gasteiger partial charge is 0.310 e. The van der Waals surface area contributed by atoms with Gasteiger partial charge in [-0.3, -0.25) is 0 Å². The van der Waals surface area contributed by atoms with Crippen molar-refractivity contribution in [3.8, 4) is 44.5 Å². The highest BCUT2D eigenvalue weighted by Gasteiger charge is 2.38. The summed E-state index contributed by atoms with van der Waals surface area (Å²) < 4.78 is 0. The van der Waals surface area contributed by atoms with E-state index in [2.05, 4.69) is 221 Å². The van der Waals surface area contributed by atoms with Gasteiger partial charge >= 0.3 is 0 Å². The van der Waals surface area contributed by atoms with Crippen molar-refractivity contribution in [2.45, 2.75) is 38.5 Å². The van der Waals surface area contributed by atoms with Crippen molar-refractivity contribution >= 4 is 38.6 Å². The van der Waals surface area contributed by atoms with E-state index in [-0.39, 0.29) is 10.8 Å². The van der Waals surface area contributed by atoms with Crippen molar-refractivity contribution in [1.82, 2.24) is 0 Å². The normalized spacial score (nSPS) is 14.2. The maximum Gasteiger partial charge on any atom is 0.0540 e. The maximum atomic E-state index is 2.48. The van der Waals surface area contributed by atoms with Gasteiger partial charge in [0, 0.05) is 27.8 Å². The molecule has 0 saturated carbocycles. The predicted molar refractivity (Wildman–Crippen MR) is 242 cm³/mol. The topological polar surface area (TPSA) is 3.24 Å². The lowest BCUT2D eigenvalue weighted by Gasteiger charge is -2.30. The van der Waals surface area contributed by atoms with Crippen LogP contribution < -0.4 is 4.90 Å². The van der Waals surface area contributed by atoms with Gasteiger partial charge in [0.2, 0.25) is 0 Å². The Balaban J connectivity index is 1.13. The summed E-state index contributed by atoms with van der Waals surface area (Å²) in [7, 11) is 0. The van der Waals surface area contributed by atoms with Crippen LogP contribution in [-0.4, -0.2) is 0 Å². The van der Waals surface area contributed by atoms with Crippen LogP contribution in [0.4, 0.5) is 17.1 Å². The molecule has 0 heterocycles. The average molecular weight is 730 g/mol. The summed E-state index contributed by atoms with van der Waals surface area (Å²) in [5, 5.41) is 5.10. The smallest absolute Gasteiger partial charge is 0.0540 e. The van der Waals surface area contributed by atoms with E-state index < -0.39 is 0 Å². The Morgan fingerprint density at radius 1 is 0.333 bits per heavy atom. The van der Waals surface area contributed by atoms with Crippen LogP contribution in [0.1, 0.15) is 49.9 Å². The molecule has 0 fully saturated rings. The number of hydrogen-bond donors (Lipinski definition) is 0. The minimum absolute atomic E-state index is 0.0672. The Morgan fingerprint density at radius 3 is 1.67 bits per heavy atom. The molecule has 0 N–H and O–H groups in total. The van der Waals surface area contributed by atoms with Gasteiger partial charge < -0.3 is 4.90 Å². The lowest BCUT2D eigenvalue weighted by atomic mass is 9.82. The first kappa shape index (κ1) is 33.6. The minimum atomic E-state index is -0.0838. The summed E-state index contributed by atoms with van der Waals surface area (Å²) >= 11 is 0. The molecule has 57 heavy (non-hydrogen) atoms. The van der Waals surface area contributed by atoms with Gasteiger partial charge in [-0.15, -0.1) is 0 Å². The van der Waals surface area contributed by atoms with E-state index in [9.17, 15) is 0 Å². The molecule has 0 spiro atoms. The van der Waals surface area contributed by atoms with Crippen molar-refractivity contribution in [2.75, 3.05) is 4.90 Å². The third-order valence-electron chi connectivity index (χ3n) is 13.1. The van der Waals surface area contributed by atoms with E-state index in [1.807, 2.05) is 0 Å². The molecule has 1 nitrogen and oxygen atoms in total. The summed E-state index contributed by atoms with van der Waals surface area (Å²) in [5.41, 5.74) is 19.0. The van der Waals surface area contributed by atoms with Crippen LogP contribution in [0.3, 0.4) is 0 Å². The molecule has 1 heteroatoms. The van der Waals surface area contributed by atoms with Crippen molar-refractivity contribution < 1.29 is 0 Å². The fraction of sp³-hybridized carbons (Fsp3) is 0.107. The fourth-order valence-corrected chi connectivity index (χ4v) is 10.2. The second-order valence-electron chi connectivity index (χ2n) is 16.9. The standard InChI is InChI=1S/C56H43N/c1-55(2)49-24-12-9-20-43(49)48-35-39(32-33-51(48)55)57(38-30-28-36(29-31-38)47-34-37-16-5-6-17-40(37)41-18-7-8-19-42(41)47)53-27-14-11-21-44(53)45-23-15-26-52-54(45)46-22-10-13-25-50(46)56(52,3)4/h5-35H,1-4H3. The van der Waals surface area contributed by atoms with Gasteiger partial charge in [-0.1, -0.05) is 179 Å². The molecule has 2 aliphatic rings. The van der Waals surface area contributed by atoms with Crippen LogP contribution in [0.5, 0.6) is 0 Å². The summed E-state index contributed by atoms with van der Waals surface area (Å²) in [6.07, 6.45) is 0. The zero-order valence-electron chi connectivity index (χ0n) is 32.8. The molecule has 9 aromatic carbocycles. The van der Waals surface area contributed by atoms with Gasteiger partial charge in [0.1, 0.15) is 0 Å². The number of benzene rings is 9. The van der Waals surface area contributed by atoms with Gasteiger partial charge in [-0.2, -0.15) is 0 Å². The number of fused-ring (bicyclic) bond motifs is 9. The first-order chi connectivity index (χ1) is 27.8. The van der Waals surface area contributed by atoms with Gasteiger partial charge in [0.25, 0.3) is 0 Å². The van der Waals surface area contributed by atoms with Crippen LogP contribution in [0.15, 0.2) is 188 Å². The third-order valence-corrected chi connectivity index (χ3v) is 13.1. The van der Waals surface area contributed by atoms with Crippen LogP contribution in [0.25, 0.3) is 66.1 Å². The second kappa shape index (κ2) is 12.4. The minimum Gasteiger partial charge on any atom is -0.310 e. The zero-order valence-corrected chi connectivity index (χ0v) is 32.8. The molecular formula is C56H43N. The van der Waals surface area contributed by atoms with Crippen LogP contribution in [0.2, 0.25) is 0 Å². The monoisotopic (exact) mass is 729 g/mol. The van der Waals surface area contributed by atoms with Crippen molar-refractivity contribution in [2.24, 2.45) is 0 Å². The fourth-order valence-electron chi connectivity index (χ4n) is 10.2. The van der Waals surface area contributed by atoms with E-state index >= 15 is 0 Å². The highest BCUT2D eigenvalue weighted by molar-refractivity contribution is 6.14. The molecule has 2 aliphatic carbocycles. The highest BCUT2D eigenvalue weighted by Crippen LogP contribution is 2.55. The van der Waals surface area contributed by atoms with E-state index in [0.29, 0.717) is 0 Å². The Morgan fingerprint density at radius 2 is 0.877 bits per heavy atom. The van der Waals surface area contributed by atoms with Crippen LogP contribution >= 0.6 is 0 Å². The molecule has 11 rings (SSSR count). The molecule has 0 radical (unpaired) electrons. The van der Waals surface area contributed by atoms with Crippen molar-refractivity contribution in [3.63, 3.8) is 0 Å². The predicted octanol–water partition coefficient (Wildman–Crippen LogP) is 15.4. The van der Waals surface area contributed by atoms with E-state index in [1.54, 1.807) is 0 Å². The molecule has 0 amide bonds. The first-order valence-electron chi connectivity index (χ1n) is 20.2. The summed E-state index contributed by atoms with van der Waals surface area (Å²) in [4.78, 5) is 2.48.